The molecule has 1 aromatic heterocycles. The van der Waals surface area contributed by atoms with Gasteiger partial charge in [-0.15, -0.1) is 0 Å². The molecule has 124 valence electrons. The van der Waals surface area contributed by atoms with Gasteiger partial charge in [-0.1, -0.05) is 11.6 Å². The van der Waals surface area contributed by atoms with Gasteiger partial charge < -0.3 is 5.32 Å². The van der Waals surface area contributed by atoms with E-state index in [1.54, 1.807) is 19.9 Å². The van der Waals surface area contributed by atoms with Crippen LogP contribution in [0.5, 0.6) is 0 Å². The lowest BCUT2D eigenvalue weighted by molar-refractivity contribution is -0.122. The molecule has 1 amide bonds. The summed E-state index contributed by atoms with van der Waals surface area (Å²) in [6.45, 7) is 3.45. The van der Waals surface area contributed by atoms with Crippen LogP contribution in [-0.4, -0.2) is 27.9 Å². The van der Waals surface area contributed by atoms with Crippen LogP contribution in [0, 0.1) is 23.1 Å². The number of carbonyl (C=O) groups is 2. The van der Waals surface area contributed by atoms with E-state index in [0.717, 1.165) is 6.07 Å². The highest BCUT2D eigenvalue weighted by molar-refractivity contribution is 6.31. The molecule has 0 radical (unpaired) electrons. The number of carbonyl (C=O) groups excluding carboxylic acids is 2. The Morgan fingerprint density at radius 3 is 2.71 bits per heavy atom. The number of Topliss-reactive ketones (excluding diaryl/α,β-unsaturated/α-hetero) is 1. The maximum atomic E-state index is 13.3. The maximum absolute atomic E-state index is 13.3. The van der Waals surface area contributed by atoms with E-state index in [1.807, 2.05) is 0 Å². The Bertz CT molecular complexity index is 826. The second kappa shape index (κ2) is 7.23. The maximum Gasteiger partial charge on any atom is 0.245 e. The van der Waals surface area contributed by atoms with Crippen molar-refractivity contribution in [2.75, 3.05) is 0 Å². The molecule has 1 heterocycles. The highest BCUT2D eigenvalue weighted by Crippen LogP contribution is 2.27. The molecule has 2 aromatic rings. The predicted molar refractivity (Wildman–Crippen MR) is 85.7 cm³/mol. The van der Waals surface area contributed by atoms with Crippen LogP contribution < -0.4 is 5.32 Å². The number of rotatable bonds is 5. The minimum atomic E-state index is -1.50. The summed E-state index contributed by atoms with van der Waals surface area (Å²) in [5, 5.41) is 18.0. The summed E-state index contributed by atoms with van der Waals surface area (Å²) in [5.41, 5.74) is 0.742. The summed E-state index contributed by atoms with van der Waals surface area (Å²) >= 11 is 5.75. The second-order valence-electron chi connectivity index (χ2n) is 5.38. The molecule has 0 spiro atoms. The minimum Gasteiger partial charge on any atom is -0.352 e. The smallest absolute Gasteiger partial charge is 0.245 e. The Kier molecular flexibility index (Phi) is 5.31. The molecule has 0 aliphatic rings. The summed E-state index contributed by atoms with van der Waals surface area (Å²) in [5.74, 6) is -3.47. The molecule has 1 unspecified atom stereocenters. The minimum absolute atomic E-state index is 0.0585. The normalized spacial score (nSPS) is 11.8. The van der Waals surface area contributed by atoms with Crippen LogP contribution in [-0.2, 0) is 4.79 Å². The van der Waals surface area contributed by atoms with Gasteiger partial charge in [-0.3, -0.25) is 14.7 Å². The number of aromatic nitrogens is 2. The van der Waals surface area contributed by atoms with Crippen molar-refractivity contribution < 1.29 is 14.0 Å². The van der Waals surface area contributed by atoms with Crippen molar-refractivity contribution in [2.45, 2.75) is 19.9 Å². The molecule has 0 bridgehead atoms. The monoisotopic (exact) mass is 348 g/mol. The molecule has 0 aliphatic heterocycles. The molecule has 1 aromatic carbocycles. The van der Waals surface area contributed by atoms with Crippen molar-refractivity contribution in [2.24, 2.45) is 5.92 Å². The first kappa shape index (κ1) is 17.6. The standard InChI is InChI=1S/C16H14ClFN4O2/c1-8(2)21-16(24)10(6-19)15(23)11-7-20-22-14(11)9-3-4-13(18)12(17)5-9/h3-5,7-8,10H,1-2H3,(H,20,22)(H,21,24). The molecular formula is C16H14ClFN4O2. The molecule has 0 fully saturated rings. The van der Waals surface area contributed by atoms with E-state index in [0.29, 0.717) is 5.56 Å². The zero-order chi connectivity index (χ0) is 17.9. The third kappa shape index (κ3) is 3.60. The van der Waals surface area contributed by atoms with E-state index in [1.165, 1.54) is 18.3 Å². The van der Waals surface area contributed by atoms with Gasteiger partial charge in [0.25, 0.3) is 0 Å². The first-order chi connectivity index (χ1) is 11.3. The third-order valence-corrected chi connectivity index (χ3v) is 3.49. The van der Waals surface area contributed by atoms with Gasteiger partial charge in [0.15, 0.2) is 11.7 Å². The number of nitrogens with one attached hydrogen (secondary N) is 2. The molecule has 2 N–H and O–H groups in total. The van der Waals surface area contributed by atoms with Crippen molar-refractivity contribution in [3.05, 3.63) is 40.8 Å². The average Bonchev–Trinajstić information content (AvgIpc) is 2.99. The number of aromatic amines is 1. The summed E-state index contributed by atoms with van der Waals surface area (Å²) in [6, 6.07) is 5.40. The Balaban J connectivity index is 2.38. The molecule has 6 nitrogen and oxygen atoms in total. The van der Waals surface area contributed by atoms with Crippen LogP contribution in [0.2, 0.25) is 5.02 Å². The lowest BCUT2D eigenvalue weighted by atomic mass is 9.96. The Morgan fingerprint density at radius 2 is 2.12 bits per heavy atom. The van der Waals surface area contributed by atoms with Gasteiger partial charge in [-0.25, -0.2) is 4.39 Å². The van der Waals surface area contributed by atoms with Crippen molar-refractivity contribution >= 4 is 23.3 Å². The van der Waals surface area contributed by atoms with Crippen molar-refractivity contribution in [1.82, 2.24) is 15.5 Å². The fourth-order valence-corrected chi connectivity index (χ4v) is 2.28. The summed E-state index contributed by atoms with van der Waals surface area (Å²) in [4.78, 5) is 24.6. The van der Waals surface area contributed by atoms with Crippen molar-refractivity contribution in [1.29, 1.82) is 5.26 Å². The fourth-order valence-electron chi connectivity index (χ4n) is 2.10. The quantitative estimate of drug-likeness (QED) is 0.641. The van der Waals surface area contributed by atoms with Crippen LogP contribution in [0.15, 0.2) is 24.4 Å². The van der Waals surface area contributed by atoms with Crippen molar-refractivity contribution in [3.8, 4) is 17.3 Å². The number of nitrogens with zero attached hydrogens (tertiary/aromatic N) is 2. The summed E-state index contributed by atoms with van der Waals surface area (Å²) in [7, 11) is 0. The molecule has 1 atom stereocenters. The topological polar surface area (TPSA) is 98.6 Å². The van der Waals surface area contributed by atoms with E-state index in [-0.39, 0.29) is 22.3 Å². The van der Waals surface area contributed by atoms with Gasteiger partial charge in [-0.05, 0) is 32.0 Å². The van der Waals surface area contributed by atoms with Gasteiger partial charge in [0, 0.05) is 11.6 Å². The first-order valence-electron chi connectivity index (χ1n) is 7.08. The molecule has 0 aliphatic carbocycles. The lowest BCUT2D eigenvalue weighted by Crippen LogP contribution is -2.38. The molecule has 0 saturated heterocycles. The molecule has 8 heteroatoms. The predicted octanol–water partition coefficient (Wildman–Crippen LogP) is 2.72. The van der Waals surface area contributed by atoms with E-state index in [9.17, 15) is 19.2 Å². The van der Waals surface area contributed by atoms with E-state index in [2.05, 4.69) is 15.5 Å². The number of benzene rings is 1. The third-order valence-electron chi connectivity index (χ3n) is 3.20. The number of ketones is 1. The van der Waals surface area contributed by atoms with Crippen LogP contribution in [0.3, 0.4) is 0 Å². The SMILES string of the molecule is CC(C)NC(=O)C(C#N)C(=O)c1cn[nH]c1-c1ccc(F)c(Cl)c1. The number of halogens is 2. The van der Waals surface area contributed by atoms with E-state index < -0.39 is 23.4 Å². The second-order valence-corrected chi connectivity index (χ2v) is 5.78. The fraction of sp³-hybridized carbons (Fsp3) is 0.250. The number of nitriles is 1. The van der Waals surface area contributed by atoms with Gasteiger partial charge in [0.2, 0.25) is 5.91 Å². The molecular weight excluding hydrogens is 335 g/mol. The van der Waals surface area contributed by atoms with Gasteiger partial charge >= 0.3 is 0 Å². The number of H-pyrrole nitrogens is 1. The van der Waals surface area contributed by atoms with Crippen molar-refractivity contribution in [3.63, 3.8) is 0 Å². The van der Waals surface area contributed by atoms with Crippen LogP contribution in [0.4, 0.5) is 4.39 Å². The Morgan fingerprint density at radius 1 is 1.42 bits per heavy atom. The first-order valence-corrected chi connectivity index (χ1v) is 7.46. The summed E-state index contributed by atoms with van der Waals surface area (Å²) in [6.07, 6.45) is 1.22. The average molecular weight is 349 g/mol. The highest BCUT2D eigenvalue weighted by Gasteiger charge is 2.30. The molecule has 0 saturated carbocycles. The van der Waals surface area contributed by atoms with Gasteiger partial charge in [0.1, 0.15) is 5.82 Å². The van der Waals surface area contributed by atoms with E-state index in [4.69, 9.17) is 11.6 Å². The Labute approximate surface area is 142 Å². The van der Waals surface area contributed by atoms with Gasteiger partial charge in [-0.2, -0.15) is 10.4 Å². The Hall–Kier alpha value is -2.72. The summed E-state index contributed by atoms with van der Waals surface area (Å²) < 4.78 is 13.3. The number of amides is 1. The van der Waals surface area contributed by atoms with E-state index >= 15 is 0 Å². The van der Waals surface area contributed by atoms with Crippen LogP contribution in [0.1, 0.15) is 24.2 Å². The number of hydrogen-bond acceptors (Lipinski definition) is 4. The van der Waals surface area contributed by atoms with Crippen LogP contribution >= 0.6 is 11.6 Å². The lowest BCUT2D eigenvalue weighted by Gasteiger charge is -2.12. The highest BCUT2D eigenvalue weighted by atomic mass is 35.5. The zero-order valence-electron chi connectivity index (χ0n) is 12.9. The largest absolute Gasteiger partial charge is 0.352 e. The van der Waals surface area contributed by atoms with Gasteiger partial charge in [0.05, 0.1) is 28.5 Å². The zero-order valence-corrected chi connectivity index (χ0v) is 13.7. The van der Waals surface area contributed by atoms with Crippen LogP contribution in [0.25, 0.3) is 11.3 Å². The molecule has 2 rings (SSSR count). The molecule has 24 heavy (non-hydrogen) atoms. The number of hydrogen-bond donors (Lipinski definition) is 2.